The van der Waals surface area contributed by atoms with Crippen LogP contribution < -0.4 is 0 Å². The molecule has 4 heterocycles. The number of likely N-dealkylation sites (tertiary alicyclic amines) is 1. The molecule has 0 aliphatic carbocycles. The number of nitrogens with zero attached hydrogens (tertiary/aromatic N) is 5. The van der Waals surface area contributed by atoms with Crippen LogP contribution >= 0.6 is 0 Å². The summed E-state index contributed by atoms with van der Waals surface area (Å²) in [4.78, 5) is 27.5. The van der Waals surface area contributed by atoms with Gasteiger partial charge in [-0.3, -0.25) is 14.3 Å². The van der Waals surface area contributed by atoms with Crippen molar-refractivity contribution in [2.45, 2.75) is 18.9 Å². The zero-order valence-corrected chi connectivity index (χ0v) is 13.1. The Bertz CT molecular complexity index is 832. The number of amides is 1. The third kappa shape index (κ3) is 2.67. The van der Waals surface area contributed by atoms with Crippen molar-refractivity contribution in [3.8, 4) is 5.82 Å². The Kier molecular flexibility index (Phi) is 3.78. The first-order chi connectivity index (χ1) is 11.8. The van der Waals surface area contributed by atoms with Crippen molar-refractivity contribution in [1.82, 2.24) is 24.4 Å². The predicted octanol–water partition coefficient (Wildman–Crippen LogP) is 2.64. The molecule has 0 bridgehead atoms. The van der Waals surface area contributed by atoms with Crippen LogP contribution in [0, 0.1) is 0 Å². The lowest BCUT2D eigenvalue weighted by Crippen LogP contribution is -2.31. The van der Waals surface area contributed by atoms with E-state index < -0.39 is 0 Å². The smallest absolute Gasteiger partial charge is 0.255 e. The van der Waals surface area contributed by atoms with Gasteiger partial charge in [0.2, 0.25) is 0 Å². The molecule has 3 aromatic heterocycles. The number of rotatable bonds is 3. The zero-order chi connectivity index (χ0) is 16.4. The van der Waals surface area contributed by atoms with E-state index in [1.165, 1.54) is 0 Å². The first-order valence-electron chi connectivity index (χ1n) is 7.99. The Balaban J connectivity index is 1.64. The molecule has 0 N–H and O–H groups in total. The number of carbonyl (C=O) groups is 1. The van der Waals surface area contributed by atoms with Gasteiger partial charge in [-0.15, -0.1) is 0 Å². The van der Waals surface area contributed by atoms with Crippen LogP contribution in [0.25, 0.3) is 5.82 Å². The van der Waals surface area contributed by atoms with E-state index >= 15 is 0 Å². The van der Waals surface area contributed by atoms with Crippen molar-refractivity contribution in [3.05, 3.63) is 72.7 Å². The van der Waals surface area contributed by atoms with Crippen molar-refractivity contribution in [3.63, 3.8) is 0 Å². The largest absolute Gasteiger partial charge is 0.330 e. The summed E-state index contributed by atoms with van der Waals surface area (Å²) in [7, 11) is 0. The third-order valence-electron chi connectivity index (χ3n) is 4.29. The normalized spacial score (nSPS) is 17.2. The quantitative estimate of drug-likeness (QED) is 0.744. The van der Waals surface area contributed by atoms with Gasteiger partial charge in [0.25, 0.3) is 5.91 Å². The number of imidazole rings is 1. The average molecular weight is 319 g/mol. The lowest BCUT2D eigenvalue weighted by Gasteiger charge is -2.24. The van der Waals surface area contributed by atoms with Gasteiger partial charge in [0.1, 0.15) is 12.1 Å². The highest BCUT2D eigenvalue weighted by molar-refractivity contribution is 5.94. The van der Waals surface area contributed by atoms with E-state index in [4.69, 9.17) is 4.98 Å². The number of hydrogen-bond donors (Lipinski definition) is 0. The standard InChI is InChI=1S/C18H17N5O/c24-18(14-4-2-8-19-12-14)23-10-3-6-16(23)15-5-1-7-17(21-15)22-11-9-20-13-22/h1-2,4-5,7-9,11-13,16H,3,6,10H2/t16-/m0/s1. The van der Waals surface area contributed by atoms with E-state index in [2.05, 4.69) is 9.97 Å². The molecule has 1 amide bonds. The van der Waals surface area contributed by atoms with Crippen LogP contribution in [0.2, 0.25) is 0 Å². The molecule has 1 saturated heterocycles. The fraction of sp³-hybridized carbons (Fsp3) is 0.222. The van der Waals surface area contributed by atoms with Crippen LogP contribution in [-0.2, 0) is 0 Å². The fourth-order valence-electron chi connectivity index (χ4n) is 3.14. The molecule has 3 aromatic rings. The summed E-state index contributed by atoms with van der Waals surface area (Å²) in [6.07, 6.45) is 10.5. The van der Waals surface area contributed by atoms with Gasteiger partial charge in [-0.25, -0.2) is 9.97 Å². The highest BCUT2D eigenvalue weighted by atomic mass is 16.2. The van der Waals surface area contributed by atoms with Crippen molar-refractivity contribution >= 4 is 5.91 Å². The SMILES string of the molecule is O=C(c1cccnc1)N1CCC[C@H]1c1cccc(-n2ccnc2)n1. The van der Waals surface area contributed by atoms with Gasteiger partial charge < -0.3 is 4.90 Å². The van der Waals surface area contributed by atoms with Crippen LogP contribution in [0.3, 0.4) is 0 Å². The Morgan fingerprint density at radius 3 is 2.88 bits per heavy atom. The molecule has 0 radical (unpaired) electrons. The van der Waals surface area contributed by atoms with E-state index in [0.717, 1.165) is 30.9 Å². The monoisotopic (exact) mass is 319 g/mol. The Labute approximate surface area is 139 Å². The molecule has 120 valence electrons. The molecule has 0 unspecified atom stereocenters. The number of carbonyl (C=O) groups excluding carboxylic acids is 1. The summed E-state index contributed by atoms with van der Waals surface area (Å²) in [5, 5.41) is 0. The molecule has 4 rings (SSSR count). The van der Waals surface area contributed by atoms with Crippen LogP contribution in [0.15, 0.2) is 61.4 Å². The van der Waals surface area contributed by atoms with E-state index in [0.29, 0.717) is 5.56 Å². The summed E-state index contributed by atoms with van der Waals surface area (Å²) in [6.45, 7) is 0.745. The molecule has 0 saturated carbocycles. The van der Waals surface area contributed by atoms with Gasteiger partial charge in [0.15, 0.2) is 0 Å². The van der Waals surface area contributed by atoms with Crippen LogP contribution in [0.1, 0.15) is 34.9 Å². The second-order valence-electron chi connectivity index (χ2n) is 5.79. The topological polar surface area (TPSA) is 63.9 Å². The van der Waals surface area contributed by atoms with Gasteiger partial charge >= 0.3 is 0 Å². The van der Waals surface area contributed by atoms with E-state index in [1.807, 2.05) is 33.9 Å². The molecule has 0 spiro atoms. The van der Waals surface area contributed by atoms with Crippen molar-refractivity contribution < 1.29 is 4.79 Å². The molecule has 1 fully saturated rings. The maximum atomic E-state index is 12.8. The molecule has 6 nitrogen and oxygen atoms in total. The van der Waals surface area contributed by atoms with Gasteiger partial charge in [-0.05, 0) is 37.1 Å². The van der Waals surface area contributed by atoms with Crippen LogP contribution in [-0.4, -0.2) is 36.9 Å². The second kappa shape index (κ2) is 6.23. The van der Waals surface area contributed by atoms with Gasteiger partial charge in [0, 0.05) is 31.3 Å². The average Bonchev–Trinajstić information content (AvgIpc) is 3.34. The van der Waals surface area contributed by atoms with Crippen molar-refractivity contribution in [2.24, 2.45) is 0 Å². The van der Waals surface area contributed by atoms with Crippen LogP contribution in [0.4, 0.5) is 0 Å². The summed E-state index contributed by atoms with van der Waals surface area (Å²) >= 11 is 0. The molecule has 1 aliphatic heterocycles. The first-order valence-corrected chi connectivity index (χ1v) is 7.99. The van der Waals surface area contributed by atoms with Crippen molar-refractivity contribution in [1.29, 1.82) is 0 Å². The minimum absolute atomic E-state index is 0.00109. The Morgan fingerprint density at radius 2 is 2.08 bits per heavy atom. The summed E-state index contributed by atoms with van der Waals surface area (Å²) in [5.74, 6) is 0.825. The number of pyridine rings is 2. The molecule has 0 aromatic carbocycles. The van der Waals surface area contributed by atoms with E-state index in [9.17, 15) is 4.79 Å². The van der Waals surface area contributed by atoms with E-state index in [-0.39, 0.29) is 11.9 Å². The molecule has 1 aliphatic rings. The lowest BCUT2D eigenvalue weighted by molar-refractivity contribution is 0.0732. The molecule has 1 atom stereocenters. The van der Waals surface area contributed by atoms with Crippen LogP contribution in [0.5, 0.6) is 0 Å². The molecule has 6 heteroatoms. The first kappa shape index (κ1) is 14.6. The minimum Gasteiger partial charge on any atom is -0.330 e. The lowest BCUT2D eigenvalue weighted by atomic mass is 10.1. The zero-order valence-electron chi connectivity index (χ0n) is 13.1. The highest BCUT2D eigenvalue weighted by Crippen LogP contribution is 2.32. The predicted molar refractivity (Wildman–Crippen MR) is 88.6 cm³/mol. The van der Waals surface area contributed by atoms with Gasteiger partial charge in [0.05, 0.1) is 17.3 Å². The minimum atomic E-state index is 0.00109. The fourth-order valence-corrected chi connectivity index (χ4v) is 3.14. The molecular formula is C18H17N5O. The second-order valence-corrected chi connectivity index (χ2v) is 5.79. The van der Waals surface area contributed by atoms with Gasteiger partial charge in [-0.2, -0.15) is 0 Å². The maximum absolute atomic E-state index is 12.8. The molecular weight excluding hydrogens is 302 g/mol. The summed E-state index contributed by atoms with van der Waals surface area (Å²) in [6, 6.07) is 9.49. The summed E-state index contributed by atoms with van der Waals surface area (Å²) in [5.41, 5.74) is 1.53. The number of aromatic nitrogens is 4. The maximum Gasteiger partial charge on any atom is 0.255 e. The Morgan fingerprint density at radius 1 is 1.12 bits per heavy atom. The number of hydrogen-bond acceptors (Lipinski definition) is 4. The Hall–Kier alpha value is -3.02. The van der Waals surface area contributed by atoms with Gasteiger partial charge in [-0.1, -0.05) is 6.07 Å². The summed E-state index contributed by atoms with van der Waals surface area (Å²) < 4.78 is 1.87. The third-order valence-corrected chi connectivity index (χ3v) is 4.29. The van der Waals surface area contributed by atoms with E-state index in [1.54, 1.807) is 37.1 Å². The molecule has 24 heavy (non-hydrogen) atoms. The van der Waals surface area contributed by atoms with Crippen molar-refractivity contribution in [2.75, 3.05) is 6.54 Å². The highest BCUT2D eigenvalue weighted by Gasteiger charge is 2.31.